The zero-order valence-electron chi connectivity index (χ0n) is 11.8. The molecule has 1 heterocycles. The highest BCUT2D eigenvalue weighted by Gasteiger charge is 2.17. The van der Waals surface area contributed by atoms with E-state index >= 15 is 0 Å². The SMILES string of the molecule is CCNc1nnc(CC2CCCCCC2)n1CC. The van der Waals surface area contributed by atoms with Gasteiger partial charge in [0.25, 0.3) is 0 Å². The summed E-state index contributed by atoms with van der Waals surface area (Å²) in [5.41, 5.74) is 0. The maximum atomic E-state index is 4.38. The summed E-state index contributed by atoms with van der Waals surface area (Å²) in [5, 5.41) is 11.9. The molecule has 4 nitrogen and oxygen atoms in total. The summed E-state index contributed by atoms with van der Waals surface area (Å²) in [6.45, 7) is 6.12. The van der Waals surface area contributed by atoms with Gasteiger partial charge in [-0.2, -0.15) is 0 Å². The predicted octanol–water partition coefficient (Wildman–Crippen LogP) is 3.24. The first-order chi connectivity index (χ1) is 8.85. The summed E-state index contributed by atoms with van der Waals surface area (Å²) < 4.78 is 2.23. The van der Waals surface area contributed by atoms with Crippen LogP contribution in [0, 0.1) is 5.92 Å². The molecule has 0 aromatic carbocycles. The summed E-state index contributed by atoms with van der Waals surface area (Å²) in [6, 6.07) is 0. The highest BCUT2D eigenvalue weighted by Crippen LogP contribution is 2.26. The Morgan fingerprint density at radius 3 is 2.44 bits per heavy atom. The Morgan fingerprint density at radius 1 is 1.11 bits per heavy atom. The zero-order chi connectivity index (χ0) is 12.8. The van der Waals surface area contributed by atoms with E-state index in [4.69, 9.17) is 0 Å². The largest absolute Gasteiger partial charge is 0.355 e. The molecule has 0 spiro atoms. The average molecular weight is 250 g/mol. The standard InChI is InChI=1S/C14H26N4/c1-3-15-14-17-16-13(18(14)4-2)11-12-9-7-5-6-8-10-12/h12H,3-11H2,1-2H3,(H,15,17). The van der Waals surface area contributed by atoms with E-state index in [2.05, 4.69) is 33.9 Å². The molecule has 0 bridgehead atoms. The quantitative estimate of drug-likeness (QED) is 0.816. The Balaban J connectivity index is 2.03. The lowest BCUT2D eigenvalue weighted by molar-refractivity contribution is 0.439. The van der Waals surface area contributed by atoms with E-state index in [9.17, 15) is 0 Å². The van der Waals surface area contributed by atoms with Gasteiger partial charge in [-0.25, -0.2) is 0 Å². The molecule has 2 rings (SSSR count). The van der Waals surface area contributed by atoms with Gasteiger partial charge in [-0.3, -0.25) is 4.57 Å². The van der Waals surface area contributed by atoms with Crippen LogP contribution in [0.1, 0.15) is 58.2 Å². The molecule has 1 fully saturated rings. The van der Waals surface area contributed by atoms with Gasteiger partial charge in [0, 0.05) is 19.5 Å². The van der Waals surface area contributed by atoms with E-state index < -0.39 is 0 Å². The van der Waals surface area contributed by atoms with Crippen LogP contribution in [-0.4, -0.2) is 21.3 Å². The normalized spacial score (nSPS) is 17.7. The Kier molecular flexibility index (Phi) is 5.02. The smallest absolute Gasteiger partial charge is 0.224 e. The van der Waals surface area contributed by atoms with Crippen molar-refractivity contribution < 1.29 is 0 Å². The summed E-state index contributed by atoms with van der Waals surface area (Å²) in [7, 11) is 0. The number of anilines is 1. The van der Waals surface area contributed by atoms with Crippen molar-refractivity contribution in [1.82, 2.24) is 14.8 Å². The van der Waals surface area contributed by atoms with Crippen molar-refractivity contribution >= 4 is 5.95 Å². The molecule has 1 N–H and O–H groups in total. The lowest BCUT2D eigenvalue weighted by atomic mass is 9.96. The maximum Gasteiger partial charge on any atom is 0.224 e. The Hall–Kier alpha value is -1.06. The van der Waals surface area contributed by atoms with Gasteiger partial charge >= 0.3 is 0 Å². The summed E-state index contributed by atoms with van der Waals surface area (Å²) in [4.78, 5) is 0. The highest BCUT2D eigenvalue weighted by atomic mass is 15.3. The van der Waals surface area contributed by atoms with Gasteiger partial charge in [0.15, 0.2) is 0 Å². The van der Waals surface area contributed by atoms with Crippen LogP contribution in [0.25, 0.3) is 0 Å². The molecule has 0 saturated heterocycles. The van der Waals surface area contributed by atoms with Crippen LogP contribution in [0.3, 0.4) is 0 Å². The van der Waals surface area contributed by atoms with Crippen LogP contribution < -0.4 is 5.32 Å². The first-order valence-electron chi connectivity index (χ1n) is 7.51. The van der Waals surface area contributed by atoms with Crippen LogP contribution in [0.4, 0.5) is 5.95 Å². The van der Waals surface area contributed by atoms with Crippen LogP contribution >= 0.6 is 0 Å². The lowest BCUT2D eigenvalue weighted by Gasteiger charge is -2.14. The van der Waals surface area contributed by atoms with Crippen molar-refractivity contribution in [1.29, 1.82) is 0 Å². The van der Waals surface area contributed by atoms with Crippen molar-refractivity contribution in [3.05, 3.63) is 5.82 Å². The van der Waals surface area contributed by atoms with Crippen LogP contribution in [-0.2, 0) is 13.0 Å². The number of hydrogen-bond acceptors (Lipinski definition) is 3. The second-order valence-corrected chi connectivity index (χ2v) is 5.28. The first-order valence-corrected chi connectivity index (χ1v) is 7.51. The van der Waals surface area contributed by atoms with Crippen LogP contribution in [0.2, 0.25) is 0 Å². The van der Waals surface area contributed by atoms with Crippen molar-refractivity contribution in [2.24, 2.45) is 5.92 Å². The molecule has 4 heteroatoms. The van der Waals surface area contributed by atoms with Crippen molar-refractivity contribution in [3.8, 4) is 0 Å². The van der Waals surface area contributed by atoms with Gasteiger partial charge in [-0.05, 0) is 19.8 Å². The molecule has 1 aromatic rings. The molecule has 0 aliphatic heterocycles. The van der Waals surface area contributed by atoms with E-state index in [1.165, 1.54) is 44.3 Å². The molecule has 0 amide bonds. The fraction of sp³-hybridized carbons (Fsp3) is 0.857. The van der Waals surface area contributed by atoms with E-state index in [-0.39, 0.29) is 0 Å². The summed E-state index contributed by atoms with van der Waals surface area (Å²) >= 11 is 0. The molecule has 1 saturated carbocycles. The third-order valence-electron chi connectivity index (χ3n) is 3.92. The molecule has 1 aliphatic rings. The van der Waals surface area contributed by atoms with Crippen molar-refractivity contribution in [3.63, 3.8) is 0 Å². The minimum absolute atomic E-state index is 0.816. The number of rotatable bonds is 5. The predicted molar refractivity (Wildman–Crippen MR) is 74.8 cm³/mol. The number of hydrogen-bond donors (Lipinski definition) is 1. The molecule has 1 aliphatic carbocycles. The van der Waals surface area contributed by atoms with Gasteiger partial charge < -0.3 is 5.32 Å². The summed E-state index contributed by atoms with van der Waals surface area (Å²) in [6.07, 6.45) is 9.46. The van der Waals surface area contributed by atoms with Crippen LogP contribution in [0.5, 0.6) is 0 Å². The van der Waals surface area contributed by atoms with Crippen LogP contribution in [0.15, 0.2) is 0 Å². The van der Waals surface area contributed by atoms with Gasteiger partial charge in [-0.1, -0.05) is 38.5 Å². The minimum atomic E-state index is 0.816. The monoisotopic (exact) mass is 250 g/mol. The first kappa shape index (κ1) is 13.4. The second-order valence-electron chi connectivity index (χ2n) is 5.28. The molecule has 1 aromatic heterocycles. The molecular weight excluding hydrogens is 224 g/mol. The minimum Gasteiger partial charge on any atom is -0.355 e. The highest BCUT2D eigenvalue weighted by molar-refractivity contribution is 5.25. The van der Waals surface area contributed by atoms with Gasteiger partial charge in [-0.15, -0.1) is 10.2 Å². The molecule has 0 atom stereocenters. The number of nitrogens with zero attached hydrogens (tertiary/aromatic N) is 3. The Labute approximate surface area is 110 Å². The molecular formula is C14H26N4. The van der Waals surface area contributed by atoms with E-state index in [0.717, 1.165) is 31.4 Å². The maximum absolute atomic E-state index is 4.38. The second kappa shape index (κ2) is 6.76. The van der Waals surface area contributed by atoms with Gasteiger partial charge in [0.2, 0.25) is 5.95 Å². The topological polar surface area (TPSA) is 42.7 Å². The zero-order valence-corrected chi connectivity index (χ0v) is 11.8. The Morgan fingerprint density at radius 2 is 1.83 bits per heavy atom. The number of nitrogens with one attached hydrogen (secondary N) is 1. The fourth-order valence-corrected chi connectivity index (χ4v) is 2.93. The Bertz CT molecular complexity index is 351. The van der Waals surface area contributed by atoms with E-state index in [1.807, 2.05) is 0 Å². The lowest BCUT2D eigenvalue weighted by Crippen LogP contribution is -2.12. The third kappa shape index (κ3) is 3.24. The van der Waals surface area contributed by atoms with E-state index in [1.54, 1.807) is 0 Å². The molecule has 18 heavy (non-hydrogen) atoms. The van der Waals surface area contributed by atoms with Crippen molar-refractivity contribution in [2.75, 3.05) is 11.9 Å². The molecule has 102 valence electrons. The van der Waals surface area contributed by atoms with Gasteiger partial charge in [0.1, 0.15) is 5.82 Å². The summed E-state index contributed by atoms with van der Waals surface area (Å²) in [5.74, 6) is 2.92. The number of aromatic nitrogens is 3. The molecule has 0 radical (unpaired) electrons. The van der Waals surface area contributed by atoms with Gasteiger partial charge in [0.05, 0.1) is 0 Å². The fourth-order valence-electron chi connectivity index (χ4n) is 2.93. The average Bonchev–Trinajstić information content (AvgIpc) is 2.59. The van der Waals surface area contributed by atoms with Crippen molar-refractivity contribution in [2.45, 2.75) is 65.3 Å². The van der Waals surface area contributed by atoms with E-state index in [0.29, 0.717) is 0 Å². The molecule has 0 unspecified atom stereocenters. The third-order valence-corrected chi connectivity index (χ3v) is 3.92.